The first-order valence-electron chi connectivity index (χ1n) is 10.2. The molecule has 4 rings (SSSR count). The molecule has 3 aromatic rings. The third kappa shape index (κ3) is 5.89. The van der Waals surface area contributed by atoms with E-state index >= 15 is 0 Å². The zero-order valence-corrected chi connectivity index (χ0v) is 20.4. The van der Waals surface area contributed by atoms with Gasteiger partial charge < -0.3 is 18.9 Å². The van der Waals surface area contributed by atoms with Gasteiger partial charge in [-0.1, -0.05) is 35.9 Å². The Morgan fingerprint density at radius 3 is 2.79 bits per heavy atom. The Bertz CT molecular complexity index is 1260. The maximum atomic E-state index is 12.1. The average molecular weight is 544 g/mol. The number of nitrogens with one attached hydrogen (secondary N) is 1. The topological polar surface area (TPSA) is 78.4 Å². The van der Waals surface area contributed by atoms with Crippen LogP contribution in [0.5, 0.6) is 23.0 Å². The van der Waals surface area contributed by atoms with Crippen LogP contribution in [0.25, 0.3) is 6.08 Å². The lowest BCUT2D eigenvalue weighted by Crippen LogP contribution is -2.14. The smallest absolute Gasteiger partial charge is 0.264 e. The fourth-order valence-electron chi connectivity index (χ4n) is 3.12. The molecule has 174 valence electrons. The van der Waals surface area contributed by atoms with Gasteiger partial charge in [-0.15, -0.1) is 0 Å². The SMILES string of the molecule is COc1cc(/C=N\NC(=O)/C=C/c2ccc3c(c2)OCO3)cc(Br)c1OCc1ccccc1Cl. The van der Waals surface area contributed by atoms with Gasteiger partial charge >= 0.3 is 0 Å². The summed E-state index contributed by atoms with van der Waals surface area (Å²) in [5.74, 6) is 2.01. The molecule has 1 heterocycles. The summed E-state index contributed by atoms with van der Waals surface area (Å²) in [7, 11) is 1.55. The first kappa shape index (κ1) is 23.7. The number of hydrogen-bond donors (Lipinski definition) is 1. The fourth-order valence-corrected chi connectivity index (χ4v) is 3.88. The Labute approximate surface area is 210 Å². The zero-order valence-electron chi connectivity index (χ0n) is 18.1. The van der Waals surface area contributed by atoms with E-state index in [0.717, 1.165) is 11.1 Å². The molecule has 0 spiro atoms. The Morgan fingerprint density at radius 2 is 1.97 bits per heavy atom. The molecule has 1 aliphatic rings. The molecule has 0 aromatic heterocycles. The summed E-state index contributed by atoms with van der Waals surface area (Å²) in [5.41, 5.74) is 4.84. The van der Waals surface area contributed by atoms with Gasteiger partial charge in [-0.3, -0.25) is 4.79 Å². The number of nitrogens with zero attached hydrogens (tertiary/aromatic N) is 1. The van der Waals surface area contributed by atoms with Crippen molar-refractivity contribution in [1.82, 2.24) is 5.43 Å². The summed E-state index contributed by atoms with van der Waals surface area (Å²) < 4.78 is 22.7. The van der Waals surface area contributed by atoms with Gasteiger partial charge in [0.1, 0.15) is 6.61 Å². The number of hydrazone groups is 1. The van der Waals surface area contributed by atoms with Gasteiger partial charge in [-0.2, -0.15) is 5.10 Å². The molecule has 1 N–H and O–H groups in total. The van der Waals surface area contributed by atoms with E-state index in [-0.39, 0.29) is 19.3 Å². The molecule has 0 saturated carbocycles. The van der Waals surface area contributed by atoms with E-state index < -0.39 is 0 Å². The van der Waals surface area contributed by atoms with E-state index in [4.69, 9.17) is 30.5 Å². The van der Waals surface area contributed by atoms with Crippen molar-refractivity contribution in [1.29, 1.82) is 0 Å². The number of rotatable bonds is 8. The van der Waals surface area contributed by atoms with Gasteiger partial charge in [0.05, 0.1) is 17.8 Å². The lowest BCUT2D eigenvalue weighted by Gasteiger charge is -2.14. The van der Waals surface area contributed by atoms with Gasteiger partial charge in [0, 0.05) is 16.7 Å². The van der Waals surface area contributed by atoms with Crippen molar-refractivity contribution in [3.8, 4) is 23.0 Å². The van der Waals surface area contributed by atoms with Gasteiger partial charge in [-0.05, 0) is 63.5 Å². The highest BCUT2D eigenvalue weighted by Gasteiger charge is 2.13. The number of carbonyl (C=O) groups excluding carboxylic acids is 1. The van der Waals surface area contributed by atoms with Crippen molar-refractivity contribution in [2.24, 2.45) is 5.10 Å². The molecule has 3 aromatic carbocycles. The second kappa shape index (κ2) is 11.1. The minimum atomic E-state index is -0.375. The predicted molar refractivity (Wildman–Crippen MR) is 134 cm³/mol. The molecule has 0 bridgehead atoms. The summed E-state index contributed by atoms with van der Waals surface area (Å²) >= 11 is 9.71. The molecule has 1 aliphatic heterocycles. The molecule has 0 unspecified atom stereocenters. The number of methoxy groups -OCH3 is 1. The molecule has 0 radical (unpaired) electrons. The van der Waals surface area contributed by atoms with Crippen LogP contribution in [0.4, 0.5) is 0 Å². The van der Waals surface area contributed by atoms with Crippen LogP contribution in [-0.2, 0) is 11.4 Å². The Hall–Kier alpha value is -3.49. The van der Waals surface area contributed by atoms with Crippen molar-refractivity contribution < 1.29 is 23.7 Å². The van der Waals surface area contributed by atoms with Crippen molar-refractivity contribution in [3.63, 3.8) is 0 Å². The van der Waals surface area contributed by atoms with E-state index in [1.54, 1.807) is 31.4 Å². The number of amides is 1. The third-order valence-electron chi connectivity index (χ3n) is 4.79. The Balaban J connectivity index is 1.37. The van der Waals surface area contributed by atoms with E-state index in [0.29, 0.717) is 38.1 Å². The fraction of sp³-hybridized carbons (Fsp3) is 0.120. The number of carbonyl (C=O) groups is 1. The van der Waals surface area contributed by atoms with Gasteiger partial charge in [-0.25, -0.2) is 5.43 Å². The van der Waals surface area contributed by atoms with Crippen LogP contribution in [0.15, 0.2) is 70.2 Å². The van der Waals surface area contributed by atoms with Crippen LogP contribution < -0.4 is 24.4 Å². The Morgan fingerprint density at radius 1 is 1.15 bits per heavy atom. The van der Waals surface area contributed by atoms with Crippen LogP contribution in [0.3, 0.4) is 0 Å². The van der Waals surface area contributed by atoms with Crippen molar-refractivity contribution in [2.45, 2.75) is 6.61 Å². The lowest BCUT2D eigenvalue weighted by atomic mass is 10.2. The molecular formula is C25H20BrClN2O5. The quantitative estimate of drug-likeness (QED) is 0.228. The zero-order chi connectivity index (χ0) is 23.9. The second-order valence-corrected chi connectivity index (χ2v) is 8.36. The van der Waals surface area contributed by atoms with Crippen LogP contribution in [0, 0.1) is 0 Å². The molecular weight excluding hydrogens is 524 g/mol. The molecule has 0 saturated heterocycles. The number of ether oxygens (including phenoxy) is 4. The predicted octanol–water partition coefficient (Wildman–Crippen LogP) is 5.58. The minimum absolute atomic E-state index is 0.201. The molecule has 0 atom stereocenters. The molecule has 9 heteroatoms. The monoisotopic (exact) mass is 542 g/mol. The largest absolute Gasteiger partial charge is 0.493 e. The summed E-state index contributed by atoms with van der Waals surface area (Å²) in [6.45, 7) is 0.487. The number of fused-ring (bicyclic) bond motifs is 1. The van der Waals surface area contributed by atoms with Crippen LogP contribution in [0.2, 0.25) is 5.02 Å². The first-order valence-corrected chi connectivity index (χ1v) is 11.3. The summed E-state index contributed by atoms with van der Waals surface area (Å²) in [5, 5.41) is 4.64. The van der Waals surface area contributed by atoms with Gasteiger partial charge in [0.15, 0.2) is 23.0 Å². The maximum Gasteiger partial charge on any atom is 0.264 e. The standard InChI is InChI=1S/C25H20BrClN2O5/c1-31-23-12-17(10-19(26)25(23)32-14-18-4-2-3-5-20(18)27)13-28-29-24(30)9-7-16-6-8-21-22(11-16)34-15-33-21/h2-13H,14-15H2,1H3,(H,29,30)/b9-7+,28-13-. The van der Waals surface area contributed by atoms with Crippen LogP contribution >= 0.6 is 27.5 Å². The lowest BCUT2D eigenvalue weighted by molar-refractivity contribution is -0.116. The van der Waals surface area contributed by atoms with E-state index in [1.807, 2.05) is 36.4 Å². The van der Waals surface area contributed by atoms with Gasteiger partial charge in [0.25, 0.3) is 5.91 Å². The van der Waals surface area contributed by atoms with Crippen molar-refractivity contribution in [3.05, 3.63) is 86.9 Å². The highest BCUT2D eigenvalue weighted by atomic mass is 79.9. The number of halogens is 2. The van der Waals surface area contributed by atoms with E-state index in [9.17, 15) is 4.79 Å². The third-order valence-corrected chi connectivity index (χ3v) is 5.75. The summed E-state index contributed by atoms with van der Waals surface area (Å²) in [6.07, 6.45) is 4.56. The molecule has 0 aliphatic carbocycles. The summed E-state index contributed by atoms with van der Waals surface area (Å²) in [4.78, 5) is 12.1. The van der Waals surface area contributed by atoms with E-state index in [2.05, 4.69) is 26.5 Å². The average Bonchev–Trinajstić information content (AvgIpc) is 3.31. The molecule has 34 heavy (non-hydrogen) atoms. The maximum absolute atomic E-state index is 12.1. The van der Waals surface area contributed by atoms with Crippen LogP contribution in [-0.4, -0.2) is 26.0 Å². The van der Waals surface area contributed by atoms with Crippen molar-refractivity contribution in [2.75, 3.05) is 13.9 Å². The number of benzene rings is 3. The Kier molecular flexibility index (Phi) is 7.72. The first-order chi connectivity index (χ1) is 16.5. The molecule has 1 amide bonds. The number of hydrogen-bond acceptors (Lipinski definition) is 6. The van der Waals surface area contributed by atoms with E-state index in [1.165, 1.54) is 12.3 Å². The highest BCUT2D eigenvalue weighted by Crippen LogP contribution is 2.37. The highest BCUT2D eigenvalue weighted by molar-refractivity contribution is 9.10. The molecule has 7 nitrogen and oxygen atoms in total. The van der Waals surface area contributed by atoms with Gasteiger partial charge in [0.2, 0.25) is 6.79 Å². The summed E-state index contributed by atoms with van der Waals surface area (Å²) in [6, 6.07) is 16.5. The van der Waals surface area contributed by atoms with Crippen LogP contribution in [0.1, 0.15) is 16.7 Å². The second-order valence-electron chi connectivity index (χ2n) is 7.09. The molecule has 0 fully saturated rings. The van der Waals surface area contributed by atoms with Crippen molar-refractivity contribution >= 4 is 45.7 Å². The normalized spacial score (nSPS) is 12.3. The minimum Gasteiger partial charge on any atom is -0.493 e.